The number of nitrogens with zero attached hydrogens (tertiary/aromatic N) is 4. The quantitative estimate of drug-likeness (QED) is 0.354. The van der Waals surface area contributed by atoms with Crippen LogP contribution in [0.25, 0.3) is 0 Å². The number of amidine groups is 1. The zero-order chi connectivity index (χ0) is 13.7. The van der Waals surface area contributed by atoms with Crippen LogP contribution in [0, 0.1) is 11.7 Å². The maximum Gasteiger partial charge on any atom is 0.187 e. The van der Waals surface area contributed by atoms with E-state index in [1.807, 2.05) is 6.92 Å². The fourth-order valence-electron chi connectivity index (χ4n) is 1.60. The summed E-state index contributed by atoms with van der Waals surface area (Å²) in [7, 11) is 1.70. The van der Waals surface area contributed by atoms with Crippen molar-refractivity contribution >= 4 is 11.7 Å². The highest BCUT2D eigenvalue weighted by atomic mass is 19.1. The first-order valence-corrected chi connectivity index (χ1v) is 5.69. The first-order chi connectivity index (χ1) is 8.51. The average molecular weight is 255 g/mol. The van der Waals surface area contributed by atoms with Crippen molar-refractivity contribution in [3.8, 4) is 0 Å². The molecule has 1 unspecified atom stereocenters. The predicted molar refractivity (Wildman–Crippen MR) is 67.2 cm³/mol. The molecule has 0 saturated carbocycles. The summed E-state index contributed by atoms with van der Waals surface area (Å²) in [6.45, 7) is 4.01. The minimum Gasteiger partial charge on any atom is -0.409 e. The summed E-state index contributed by atoms with van der Waals surface area (Å²) in [4.78, 5) is 9.41. The lowest BCUT2D eigenvalue weighted by atomic mass is 10.1. The second kappa shape index (κ2) is 6.13. The van der Waals surface area contributed by atoms with Crippen molar-refractivity contribution in [2.75, 3.05) is 18.5 Å². The largest absolute Gasteiger partial charge is 0.409 e. The zero-order valence-corrected chi connectivity index (χ0v) is 10.8. The van der Waals surface area contributed by atoms with Crippen LogP contribution >= 0.6 is 0 Å². The molecule has 0 amide bonds. The smallest absolute Gasteiger partial charge is 0.187 e. The van der Waals surface area contributed by atoms with Crippen molar-refractivity contribution in [2.24, 2.45) is 16.8 Å². The summed E-state index contributed by atoms with van der Waals surface area (Å²) >= 11 is 0. The van der Waals surface area contributed by atoms with E-state index in [2.05, 4.69) is 15.1 Å². The summed E-state index contributed by atoms with van der Waals surface area (Å²) in [5.41, 5.74) is 5.86. The third kappa shape index (κ3) is 3.06. The van der Waals surface area contributed by atoms with Gasteiger partial charge in [0.05, 0.1) is 5.69 Å². The molecular formula is C11H18FN5O. The summed E-state index contributed by atoms with van der Waals surface area (Å²) in [6.07, 6.45) is 1.84. The van der Waals surface area contributed by atoms with Gasteiger partial charge in [-0.25, -0.2) is 14.4 Å². The molecule has 7 heteroatoms. The number of oxime groups is 1. The van der Waals surface area contributed by atoms with Gasteiger partial charge in [-0.1, -0.05) is 19.0 Å². The van der Waals surface area contributed by atoms with Crippen LogP contribution in [0.4, 0.5) is 10.2 Å². The van der Waals surface area contributed by atoms with E-state index in [1.165, 1.54) is 6.33 Å². The Labute approximate surface area is 105 Å². The summed E-state index contributed by atoms with van der Waals surface area (Å²) < 4.78 is 14.0. The number of aryl methyl sites for hydroxylation is 1. The summed E-state index contributed by atoms with van der Waals surface area (Å²) in [5, 5.41) is 11.5. The number of aromatic nitrogens is 2. The SMILES string of the molecule is CCc1ncnc(N(C)CC(C)C(N)=NO)c1F. The predicted octanol–water partition coefficient (Wildman–Crippen LogP) is 0.997. The second-order valence-electron chi connectivity index (χ2n) is 4.12. The first kappa shape index (κ1) is 14.1. The molecule has 0 aromatic carbocycles. The molecular weight excluding hydrogens is 237 g/mol. The maximum atomic E-state index is 14.0. The molecule has 3 N–H and O–H groups in total. The van der Waals surface area contributed by atoms with Crippen LogP contribution in [0.5, 0.6) is 0 Å². The Kier molecular flexibility index (Phi) is 4.82. The van der Waals surface area contributed by atoms with Gasteiger partial charge in [-0.3, -0.25) is 0 Å². The molecule has 6 nitrogen and oxygen atoms in total. The topological polar surface area (TPSA) is 87.6 Å². The van der Waals surface area contributed by atoms with Crippen LogP contribution in [-0.4, -0.2) is 34.6 Å². The first-order valence-electron chi connectivity index (χ1n) is 5.69. The van der Waals surface area contributed by atoms with Crippen LogP contribution in [0.15, 0.2) is 11.5 Å². The Morgan fingerprint density at radius 3 is 2.83 bits per heavy atom. The minimum absolute atomic E-state index is 0.104. The Morgan fingerprint density at radius 2 is 2.28 bits per heavy atom. The number of halogens is 1. The van der Waals surface area contributed by atoms with Crippen molar-refractivity contribution in [3.05, 3.63) is 17.8 Å². The van der Waals surface area contributed by atoms with E-state index in [1.54, 1.807) is 18.9 Å². The van der Waals surface area contributed by atoms with Gasteiger partial charge >= 0.3 is 0 Å². The van der Waals surface area contributed by atoms with Gasteiger partial charge in [0.2, 0.25) is 0 Å². The molecule has 1 atom stereocenters. The molecule has 0 radical (unpaired) electrons. The molecule has 18 heavy (non-hydrogen) atoms. The number of hydrogen-bond donors (Lipinski definition) is 2. The molecule has 0 aliphatic rings. The Balaban J connectivity index is 2.88. The number of hydrogen-bond acceptors (Lipinski definition) is 5. The number of rotatable bonds is 5. The van der Waals surface area contributed by atoms with E-state index < -0.39 is 5.82 Å². The molecule has 0 aliphatic heterocycles. The van der Waals surface area contributed by atoms with E-state index >= 15 is 0 Å². The van der Waals surface area contributed by atoms with Gasteiger partial charge in [0.1, 0.15) is 12.2 Å². The molecule has 1 rings (SSSR count). The summed E-state index contributed by atoms with van der Waals surface area (Å²) in [6, 6.07) is 0. The summed E-state index contributed by atoms with van der Waals surface area (Å²) in [5.74, 6) is -0.305. The molecule has 1 aromatic heterocycles. The van der Waals surface area contributed by atoms with Crippen LogP contribution in [0.3, 0.4) is 0 Å². The van der Waals surface area contributed by atoms with Crippen molar-refractivity contribution in [3.63, 3.8) is 0 Å². The van der Waals surface area contributed by atoms with E-state index in [-0.39, 0.29) is 17.6 Å². The molecule has 0 spiro atoms. The van der Waals surface area contributed by atoms with Crippen molar-refractivity contribution in [1.29, 1.82) is 0 Å². The third-order valence-electron chi connectivity index (χ3n) is 2.71. The molecule has 0 fully saturated rings. The molecule has 0 aliphatic carbocycles. The van der Waals surface area contributed by atoms with Gasteiger partial charge in [0, 0.05) is 19.5 Å². The van der Waals surface area contributed by atoms with Gasteiger partial charge in [-0.05, 0) is 6.42 Å². The van der Waals surface area contributed by atoms with Crippen LogP contribution in [0.2, 0.25) is 0 Å². The molecule has 0 bridgehead atoms. The molecule has 100 valence electrons. The Hall–Kier alpha value is -1.92. The van der Waals surface area contributed by atoms with Gasteiger partial charge < -0.3 is 15.8 Å². The lowest BCUT2D eigenvalue weighted by Gasteiger charge is -2.22. The minimum atomic E-state index is -0.422. The normalized spacial score (nSPS) is 13.4. The average Bonchev–Trinajstić information content (AvgIpc) is 2.37. The van der Waals surface area contributed by atoms with Gasteiger partial charge in [-0.15, -0.1) is 0 Å². The van der Waals surface area contributed by atoms with E-state index in [0.717, 1.165) is 0 Å². The molecule has 1 aromatic rings. The van der Waals surface area contributed by atoms with Gasteiger partial charge in [-0.2, -0.15) is 0 Å². The second-order valence-corrected chi connectivity index (χ2v) is 4.12. The maximum absolute atomic E-state index is 14.0. The molecule has 1 heterocycles. The van der Waals surface area contributed by atoms with E-state index in [4.69, 9.17) is 10.9 Å². The highest BCUT2D eigenvalue weighted by Crippen LogP contribution is 2.17. The fraction of sp³-hybridized carbons (Fsp3) is 0.545. The fourth-order valence-corrected chi connectivity index (χ4v) is 1.60. The number of anilines is 1. The monoisotopic (exact) mass is 255 g/mol. The third-order valence-corrected chi connectivity index (χ3v) is 2.71. The van der Waals surface area contributed by atoms with Crippen molar-refractivity contribution in [2.45, 2.75) is 20.3 Å². The Morgan fingerprint density at radius 1 is 1.61 bits per heavy atom. The van der Waals surface area contributed by atoms with Gasteiger partial charge in [0.25, 0.3) is 0 Å². The van der Waals surface area contributed by atoms with Crippen LogP contribution in [-0.2, 0) is 6.42 Å². The van der Waals surface area contributed by atoms with E-state index in [0.29, 0.717) is 18.7 Å². The van der Waals surface area contributed by atoms with Crippen LogP contribution in [0.1, 0.15) is 19.5 Å². The number of nitrogens with two attached hydrogens (primary N) is 1. The highest BCUT2D eigenvalue weighted by molar-refractivity contribution is 5.82. The zero-order valence-electron chi connectivity index (χ0n) is 10.8. The van der Waals surface area contributed by atoms with Crippen molar-refractivity contribution < 1.29 is 9.60 Å². The highest BCUT2D eigenvalue weighted by Gasteiger charge is 2.17. The van der Waals surface area contributed by atoms with Gasteiger partial charge in [0.15, 0.2) is 11.6 Å². The van der Waals surface area contributed by atoms with Crippen LogP contribution < -0.4 is 10.6 Å². The van der Waals surface area contributed by atoms with Crippen molar-refractivity contribution in [1.82, 2.24) is 9.97 Å². The van der Waals surface area contributed by atoms with E-state index in [9.17, 15) is 4.39 Å². The molecule has 0 saturated heterocycles. The lowest BCUT2D eigenvalue weighted by Crippen LogP contribution is -2.33. The standard InChI is InChI=1S/C11H18FN5O/c1-4-8-9(12)11(15-6-14-8)17(3)5-7(2)10(13)16-18/h6-7,18H,4-5H2,1-3H3,(H2,13,16). The Bertz CT molecular complexity index is 437. The lowest BCUT2D eigenvalue weighted by molar-refractivity contribution is 0.314.